The van der Waals surface area contributed by atoms with Gasteiger partial charge in [0.2, 0.25) is 5.91 Å². The van der Waals surface area contributed by atoms with Gasteiger partial charge in [0.15, 0.2) is 0 Å². The van der Waals surface area contributed by atoms with Gasteiger partial charge < -0.3 is 38.5 Å². The van der Waals surface area contributed by atoms with Gasteiger partial charge in [0.1, 0.15) is 28.9 Å². The standard InChI is InChI=1S/C28H51NO11/c1-25(2,3)38-22(31)11-14-35-18-28(29-21(30)17-34-10,19-36-15-12-23(32)39-26(4,5)6)20-37-16-13-24(33)40-27(7,8)9/h11-20H2,1-10H3,(H,29,30). The highest BCUT2D eigenvalue weighted by molar-refractivity contribution is 5.78. The number of esters is 3. The normalized spacial score (nSPS) is 12.6. The molecular weight excluding hydrogens is 526 g/mol. The molecule has 0 aromatic carbocycles. The number of methoxy groups -OCH3 is 1. The molecule has 0 unspecified atom stereocenters. The Morgan fingerprint density at radius 1 is 0.550 bits per heavy atom. The molecule has 0 heterocycles. The molecule has 0 saturated heterocycles. The minimum Gasteiger partial charge on any atom is -0.460 e. The summed E-state index contributed by atoms with van der Waals surface area (Å²) in [5.41, 5.74) is -3.10. The molecule has 0 aliphatic rings. The lowest BCUT2D eigenvalue weighted by Gasteiger charge is -2.34. The zero-order chi connectivity index (χ0) is 31.0. The van der Waals surface area contributed by atoms with Crippen LogP contribution >= 0.6 is 0 Å². The first-order chi connectivity index (χ1) is 18.3. The van der Waals surface area contributed by atoms with Crippen molar-refractivity contribution in [1.82, 2.24) is 5.32 Å². The Bertz CT molecular complexity index is 703. The number of carbonyl (C=O) groups excluding carboxylic acids is 4. The van der Waals surface area contributed by atoms with Crippen molar-refractivity contribution in [1.29, 1.82) is 0 Å². The molecule has 0 spiro atoms. The van der Waals surface area contributed by atoms with E-state index in [1.54, 1.807) is 62.3 Å². The maximum Gasteiger partial charge on any atom is 0.308 e. The van der Waals surface area contributed by atoms with Gasteiger partial charge in [-0.2, -0.15) is 0 Å². The molecule has 0 aliphatic heterocycles. The summed E-state index contributed by atoms with van der Waals surface area (Å²) >= 11 is 0. The van der Waals surface area contributed by atoms with Crippen LogP contribution in [0.25, 0.3) is 0 Å². The van der Waals surface area contributed by atoms with Crippen molar-refractivity contribution < 1.29 is 52.3 Å². The Labute approximate surface area is 239 Å². The van der Waals surface area contributed by atoms with E-state index in [0.29, 0.717) is 0 Å². The Hall–Kier alpha value is -2.28. The molecule has 0 fully saturated rings. The summed E-state index contributed by atoms with van der Waals surface area (Å²) in [4.78, 5) is 48.7. The first-order valence-electron chi connectivity index (χ1n) is 13.4. The van der Waals surface area contributed by atoms with Crippen LogP contribution in [-0.2, 0) is 52.3 Å². The van der Waals surface area contributed by atoms with Gasteiger partial charge in [0.25, 0.3) is 0 Å². The zero-order valence-corrected chi connectivity index (χ0v) is 26.1. The van der Waals surface area contributed by atoms with Crippen LogP contribution in [0.1, 0.15) is 81.6 Å². The molecular formula is C28H51NO11. The van der Waals surface area contributed by atoms with Crippen molar-refractivity contribution in [3.8, 4) is 0 Å². The highest BCUT2D eigenvalue weighted by Crippen LogP contribution is 2.14. The Morgan fingerprint density at radius 3 is 1.10 bits per heavy atom. The van der Waals surface area contributed by atoms with Crippen molar-refractivity contribution in [3.63, 3.8) is 0 Å². The van der Waals surface area contributed by atoms with Crippen LogP contribution in [0, 0.1) is 0 Å². The first kappa shape index (κ1) is 37.7. The minimum atomic E-state index is -1.22. The summed E-state index contributed by atoms with van der Waals surface area (Å²) in [5, 5.41) is 2.82. The summed E-state index contributed by atoms with van der Waals surface area (Å²) in [6.45, 7) is 15.5. The third-order valence-electron chi connectivity index (χ3n) is 4.43. The van der Waals surface area contributed by atoms with Gasteiger partial charge in [0, 0.05) is 7.11 Å². The molecule has 0 aliphatic carbocycles. The second kappa shape index (κ2) is 17.5. The average molecular weight is 578 g/mol. The summed E-state index contributed by atoms with van der Waals surface area (Å²) in [6, 6.07) is 0. The molecule has 40 heavy (non-hydrogen) atoms. The minimum absolute atomic E-state index is 0.00162. The zero-order valence-electron chi connectivity index (χ0n) is 26.1. The Kier molecular flexibility index (Phi) is 16.5. The van der Waals surface area contributed by atoms with Gasteiger partial charge in [-0.25, -0.2) is 0 Å². The van der Waals surface area contributed by atoms with Gasteiger partial charge in [0.05, 0.1) is 58.9 Å². The van der Waals surface area contributed by atoms with E-state index in [0.717, 1.165) is 0 Å². The van der Waals surface area contributed by atoms with Crippen molar-refractivity contribution in [2.24, 2.45) is 0 Å². The van der Waals surface area contributed by atoms with Crippen LogP contribution in [0.3, 0.4) is 0 Å². The van der Waals surface area contributed by atoms with E-state index >= 15 is 0 Å². The fourth-order valence-electron chi connectivity index (χ4n) is 3.14. The highest BCUT2D eigenvalue weighted by atomic mass is 16.6. The van der Waals surface area contributed by atoms with Gasteiger partial charge in [-0.05, 0) is 62.3 Å². The van der Waals surface area contributed by atoms with Crippen LogP contribution in [0.4, 0.5) is 0 Å². The van der Waals surface area contributed by atoms with E-state index < -0.39 is 46.2 Å². The second-order valence-electron chi connectivity index (χ2n) is 12.4. The lowest BCUT2D eigenvalue weighted by molar-refractivity contribution is -0.157. The van der Waals surface area contributed by atoms with E-state index in [1.165, 1.54) is 7.11 Å². The highest BCUT2D eigenvalue weighted by Gasteiger charge is 2.34. The molecule has 0 saturated carbocycles. The fraction of sp³-hybridized carbons (Fsp3) is 0.857. The molecule has 0 aromatic rings. The van der Waals surface area contributed by atoms with Crippen molar-refractivity contribution in [3.05, 3.63) is 0 Å². The number of hydrogen-bond donors (Lipinski definition) is 1. The smallest absolute Gasteiger partial charge is 0.308 e. The lowest BCUT2D eigenvalue weighted by Crippen LogP contribution is -2.59. The first-order valence-corrected chi connectivity index (χ1v) is 13.4. The predicted molar refractivity (Wildman–Crippen MR) is 147 cm³/mol. The molecule has 12 heteroatoms. The van der Waals surface area contributed by atoms with Crippen LogP contribution in [0.2, 0.25) is 0 Å². The molecule has 1 amide bonds. The van der Waals surface area contributed by atoms with Gasteiger partial charge in [-0.15, -0.1) is 0 Å². The molecule has 0 bridgehead atoms. The molecule has 0 rings (SSSR count). The van der Waals surface area contributed by atoms with Crippen molar-refractivity contribution >= 4 is 23.8 Å². The van der Waals surface area contributed by atoms with E-state index in [2.05, 4.69) is 5.32 Å². The summed E-state index contributed by atoms with van der Waals surface area (Å²) in [7, 11) is 1.38. The quantitative estimate of drug-likeness (QED) is 0.146. The fourth-order valence-corrected chi connectivity index (χ4v) is 3.14. The molecule has 1 N–H and O–H groups in total. The van der Waals surface area contributed by atoms with E-state index in [9.17, 15) is 19.2 Å². The number of rotatable bonds is 18. The molecule has 0 radical (unpaired) electrons. The van der Waals surface area contributed by atoms with Crippen molar-refractivity contribution in [2.75, 3.05) is 53.4 Å². The molecule has 12 nitrogen and oxygen atoms in total. The Balaban J connectivity index is 5.39. The maximum atomic E-state index is 12.5. The average Bonchev–Trinajstić information content (AvgIpc) is 2.74. The molecule has 0 aromatic heterocycles. The summed E-state index contributed by atoms with van der Waals surface area (Å²) < 4.78 is 38.1. The Morgan fingerprint density at radius 2 is 0.850 bits per heavy atom. The number of ether oxygens (including phenoxy) is 7. The van der Waals surface area contributed by atoms with Crippen LogP contribution < -0.4 is 5.32 Å². The summed E-state index contributed by atoms with van der Waals surface area (Å²) in [6.07, 6.45) is -0.00485. The third-order valence-corrected chi connectivity index (χ3v) is 4.43. The monoisotopic (exact) mass is 577 g/mol. The van der Waals surface area contributed by atoms with Crippen LogP contribution in [-0.4, -0.2) is 99.5 Å². The number of nitrogens with one attached hydrogen (secondary N) is 1. The predicted octanol–water partition coefficient (Wildman–Crippen LogP) is 2.73. The largest absolute Gasteiger partial charge is 0.460 e. The van der Waals surface area contributed by atoms with Gasteiger partial charge in [-0.1, -0.05) is 0 Å². The summed E-state index contributed by atoms with van der Waals surface area (Å²) in [5.74, 6) is -1.74. The van der Waals surface area contributed by atoms with E-state index in [4.69, 9.17) is 33.2 Å². The van der Waals surface area contributed by atoms with Gasteiger partial charge in [-0.3, -0.25) is 19.2 Å². The SMILES string of the molecule is COCC(=O)NC(COCCC(=O)OC(C)(C)C)(COCCC(=O)OC(C)(C)C)COCCC(=O)OC(C)(C)C. The third kappa shape index (κ3) is 21.5. The van der Waals surface area contributed by atoms with Gasteiger partial charge >= 0.3 is 17.9 Å². The molecule has 0 atom stereocenters. The number of carbonyl (C=O) groups is 4. The molecule has 234 valence electrons. The van der Waals surface area contributed by atoms with E-state index in [1.807, 2.05) is 0 Å². The topological polar surface area (TPSA) is 145 Å². The number of amides is 1. The second-order valence-corrected chi connectivity index (χ2v) is 12.4. The van der Waals surface area contributed by atoms with Crippen molar-refractivity contribution in [2.45, 2.75) is 104 Å². The van der Waals surface area contributed by atoms with Crippen LogP contribution in [0.15, 0.2) is 0 Å². The van der Waals surface area contributed by atoms with E-state index in [-0.39, 0.29) is 65.5 Å². The maximum absolute atomic E-state index is 12.5. The number of hydrogen-bond acceptors (Lipinski definition) is 11. The van der Waals surface area contributed by atoms with Crippen LogP contribution in [0.5, 0.6) is 0 Å². The lowest BCUT2D eigenvalue weighted by atomic mass is 10.0.